The minimum absolute atomic E-state index is 0.254. The van der Waals surface area contributed by atoms with Crippen LogP contribution in [-0.4, -0.2) is 37.0 Å². The number of hydrogen-bond acceptors (Lipinski definition) is 7. The Balaban J connectivity index is 1.52. The number of pyridine rings is 2. The lowest BCUT2D eigenvalue weighted by molar-refractivity contribution is 0.109. The second-order valence-electron chi connectivity index (χ2n) is 8.26. The highest BCUT2D eigenvalue weighted by Gasteiger charge is 2.21. The van der Waals surface area contributed by atoms with Crippen molar-refractivity contribution in [1.29, 1.82) is 0 Å². The van der Waals surface area contributed by atoms with E-state index >= 15 is 0 Å². The number of aromatic nitrogens is 2. The molecular formula is C24H24N4O3S. The van der Waals surface area contributed by atoms with E-state index in [-0.39, 0.29) is 4.90 Å². The van der Waals surface area contributed by atoms with Crippen LogP contribution in [0.25, 0.3) is 0 Å². The third-order valence-corrected chi connectivity index (χ3v) is 6.78. The van der Waals surface area contributed by atoms with Crippen molar-refractivity contribution in [2.75, 3.05) is 18.2 Å². The fourth-order valence-corrected chi connectivity index (χ4v) is 5.00. The third kappa shape index (κ3) is 4.16. The molecule has 164 valence electrons. The van der Waals surface area contributed by atoms with Crippen molar-refractivity contribution >= 4 is 32.6 Å². The molecule has 0 aliphatic carbocycles. The zero-order valence-corrected chi connectivity index (χ0v) is 18.9. The number of nitrogens with one attached hydrogen (secondary N) is 1. The highest BCUT2D eigenvalue weighted by molar-refractivity contribution is 7.90. The molecule has 7 nitrogen and oxygen atoms in total. The molecule has 0 amide bonds. The van der Waals surface area contributed by atoms with E-state index in [0.717, 1.165) is 51.8 Å². The number of ether oxygens (including phenoxy) is 1. The second-order valence-corrected chi connectivity index (χ2v) is 10.2. The van der Waals surface area contributed by atoms with Crippen LogP contribution < -0.4 is 5.32 Å². The van der Waals surface area contributed by atoms with Gasteiger partial charge in [-0.1, -0.05) is 18.2 Å². The van der Waals surface area contributed by atoms with Gasteiger partial charge in [0.1, 0.15) is 5.69 Å². The van der Waals surface area contributed by atoms with Gasteiger partial charge in [-0.05, 0) is 36.8 Å². The van der Waals surface area contributed by atoms with Crippen molar-refractivity contribution in [2.45, 2.75) is 37.7 Å². The van der Waals surface area contributed by atoms with Gasteiger partial charge in [-0.25, -0.2) is 8.42 Å². The van der Waals surface area contributed by atoms with Crippen molar-refractivity contribution in [3.05, 3.63) is 70.8 Å². The summed E-state index contributed by atoms with van der Waals surface area (Å²) in [5.41, 5.74) is 7.99. The highest BCUT2D eigenvalue weighted by Crippen LogP contribution is 2.37. The molecule has 2 aliphatic rings. The summed E-state index contributed by atoms with van der Waals surface area (Å²) in [4.78, 5) is 14.6. The van der Waals surface area contributed by atoms with Crippen molar-refractivity contribution in [1.82, 2.24) is 9.97 Å². The Kier molecular flexibility index (Phi) is 5.27. The smallest absolute Gasteiger partial charge is 0.177 e. The molecule has 8 heteroatoms. The summed E-state index contributed by atoms with van der Waals surface area (Å²) in [6, 6.07) is 13.0. The molecule has 0 radical (unpaired) electrons. The average Bonchev–Trinajstić information content (AvgIpc) is 3.14. The largest absolute Gasteiger partial charge is 0.376 e. The number of para-hydroxylation sites is 1. The van der Waals surface area contributed by atoms with Gasteiger partial charge in [-0.15, -0.1) is 0 Å². The lowest BCUT2D eigenvalue weighted by Gasteiger charge is -2.17. The maximum atomic E-state index is 12.3. The van der Waals surface area contributed by atoms with Crippen LogP contribution in [0.15, 0.2) is 52.4 Å². The number of fused-ring (bicyclic) bond motifs is 2. The minimum atomic E-state index is -3.38. The van der Waals surface area contributed by atoms with E-state index in [0.29, 0.717) is 31.7 Å². The van der Waals surface area contributed by atoms with E-state index in [2.05, 4.69) is 16.4 Å². The molecule has 0 bridgehead atoms. The summed E-state index contributed by atoms with van der Waals surface area (Å²) >= 11 is 0. The first-order valence-electron chi connectivity index (χ1n) is 10.6. The van der Waals surface area contributed by atoms with Crippen LogP contribution in [-0.2, 0) is 40.4 Å². The van der Waals surface area contributed by atoms with Gasteiger partial charge >= 0.3 is 0 Å². The summed E-state index contributed by atoms with van der Waals surface area (Å²) in [6.07, 6.45) is 3.30. The van der Waals surface area contributed by atoms with Gasteiger partial charge in [-0.2, -0.15) is 0 Å². The Labute approximate surface area is 187 Å². The summed E-state index contributed by atoms with van der Waals surface area (Å²) in [5, 5.41) is 3.31. The minimum Gasteiger partial charge on any atom is -0.376 e. The average molecular weight is 449 g/mol. The highest BCUT2D eigenvalue weighted by atomic mass is 32.2. The molecule has 0 atom stereocenters. The summed E-state index contributed by atoms with van der Waals surface area (Å²) < 4.78 is 30.0. The standard InChI is InChI=1S/C24H24N4O3S/c1-15-11-21-24(25-15)22(28-20-5-3-4-6-23(20)32(2,29)30)13-18(27-21)12-17-8-7-16-14-31-10-9-19(16)26-17/h3-8,13H,9-12,14H2,1-2H3,(H,27,28). The topological polar surface area (TPSA) is 93.5 Å². The summed E-state index contributed by atoms with van der Waals surface area (Å²) in [6.45, 7) is 3.29. The zero-order valence-electron chi connectivity index (χ0n) is 18.1. The molecule has 0 spiro atoms. The third-order valence-electron chi connectivity index (χ3n) is 5.63. The first kappa shape index (κ1) is 20.8. The van der Waals surface area contributed by atoms with Gasteiger partial charge in [0.2, 0.25) is 0 Å². The number of aliphatic imine (C=N–C) groups is 1. The van der Waals surface area contributed by atoms with Gasteiger partial charge in [0.15, 0.2) is 9.84 Å². The van der Waals surface area contributed by atoms with Crippen molar-refractivity contribution in [2.24, 2.45) is 4.99 Å². The van der Waals surface area contributed by atoms with Crippen molar-refractivity contribution in [3.63, 3.8) is 0 Å². The van der Waals surface area contributed by atoms with E-state index in [1.165, 1.54) is 6.26 Å². The van der Waals surface area contributed by atoms with Crippen LogP contribution in [0.4, 0.5) is 17.1 Å². The molecule has 0 unspecified atom stereocenters. The summed E-state index contributed by atoms with van der Waals surface area (Å²) in [7, 11) is -3.38. The van der Waals surface area contributed by atoms with Crippen LogP contribution in [0, 0.1) is 0 Å². The van der Waals surface area contributed by atoms with E-state index in [1.807, 2.05) is 25.1 Å². The molecule has 2 aromatic heterocycles. The molecule has 4 heterocycles. The lowest BCUT2D eigenvalue weighted by atomic mass is 10.1. The van der Waals surface area contributed by atoms with E-state index in [1.54, 1.807) is 18.2 Å². The molecule has 5 rings (SSSR count). The number of anilines is 2. The van der Waals surface area contributed by atoms with Gasteiger partial charge in [0, 0.05) is 48.3 Å². The van der Waals surface area contributed by atoms with E-state index in [9.17, 15) is 8.42 Å². The molecule has 1 N–H and O–H groups in total. The second kappa shape index (κ2) is 8.11. The predicted octanol–water partition coefficient (Wildman–Crippen LogP) is 3.94. The molecule has 0 saturated carbocycles. The number of nitrogens with zero attached hydrogens (tertiary/aromatic N) is 3. The summed E-state index contributed by atoms with van der Waals surface area (Å²) in [5.74, 6) is 0. The Morgan fingerprint density at radius 2 is 1.84 bits per heavy atom. The Hall–Kier alpha value is -3.10. The molecule has 32 heavy (non-hydrogen) atoms. The normalized spacial score (nSPS) is 15.1. The SMILES string of the molecule is CC1=Nc2c(Nc3ccccc3S(C)(=O)=O)cc(Cc3ccc4c(n3)CCOC4)nc2C1. The molecular weight excluding hydrogens is 424 g/mol. The maximum absolute atomic E-state index is 12.3. The maximum Gasteiger partial charge on any atom is 0.177 e. The van der Waals surface area contributed by atoms with E-state index in [4.69, 9.17) is 14.7 Å². The van der Waals surface area contributed by atoms with Gasteiger partial charge in [-0.3, -0.25) is 15.0 Å². The Morgan fingerprint density at radius 1 is 1.03 bits per heavy atom. The number of rotatable bonds is 5. The fourth-order valence-electron chi connectivity index (χ4n) is 4.15. The quantitative estimate of drug-likeness (QED) is 0.636. The predicted molar refractivity (Wildman–Crippen MR) is 124 cm³/mol. The van der Waals surface area contributed by atoms with Crippen LogP contribution in [0.5, 0.6) is 0 Å². The molecule has 1 aromatic carbocycles. The van der Waals surface area contributed by atoms with Crippen molar-refractivity contribution in [3.8, 4) is 0 Å². The number of benzene rings is 1. The fraction of sp³-hybridized carbons (Fsp3) is 0.292. The zero-order chi connectivity index (χ0) is 22.3. The number of sulfone groups is 1. The van der Waals surface area contributed by atoms with E-state index < -0.39 is 9.84 Å². The monoisotopic (exact) mass is 448 g/mol. The molecule has 3 aromatic rings. The lowest BCUT2D eigenvalue weighted by Crippen LogP contribution is -2.13. The molecule has 0 saturated heterocycles. The molecule has 2 aliphatic heterocycles. The molecule has 0 fully saturated rings. The van der Waals surface area contributed by atoms with Crippen LogP contribution >= 0.6 is 0 Å². The van der Waals surface area contributed by atoms with Gasteiger partial charge in [0.05, 0.1) is 35.2 Å². The van der Waals surface area contributed by atoms with Gasteiger partial charge < -0.3 is 10.1 Å². The van der Waals surface area contributed by atoms with Crippen molar-refractivity contribution < 1.29 is 13.2 Å². The van der Waals surface area contributed by atoms with Gasteiger partial charge in [0.25, 0.3) is 0 Å². The Bertz CT molecular complexity index is 1350. The van der Waals surface area contributed by atoms with Crippen LogP contribution in [0.2, 0.25) is 0 Å². The first-order chi connectivity index (χ1) is 15.4. The first-order valence-corrected chi connectivity index (χ1v) is 12.4. The number of hydrogen-bond donors (Lipinski definition) is 1. The Morgan fingerprint density at radius 3 is 2.69 bits per heavy atom. The van der Waals surface area contributed by atoms with Crippen LogP contribution in [0.3, 0.4) is 0 Å². The van der Waals surface area contributed by atoms with Crippen LogP contribution in [0.1, 0.15) is 35.3 Å².